The average molecular weight is 777 g/mol. The highest BCUT2D eigenvalue weighted by molar-refractivity contribution is 7.15. The largest absolute Gasteiger partial charge is 0.443 e. The fourth-order valence-electron chi connectivity index (χ4n) is 5.86. The summed E-state index contributed by atoms with van der Waals surface area (Å²) >= 11 is 2.74. The number of ether oxygens (including phenoxy) is 2. The van der Waals surface area contributed by atoms with Gasteiger partial charge in [0, 0.05) is 37.3 Å². The maximum atomic E-state index is 13.0. The standard InChI is InChI=1S/C38H48N8O6S2/c1-37(2,3)51-35(49)45(7)27-16-9-12-23(18-27)20-29(47)39-33-43-41-31(53-33)25-14-11-15-26(22-25)32-42-44-34(54-32)40-30(48)21-24-13-10-17-28(19-24)46(8)36(50)52-38(4,5)6/h9-10,12-13,16-19,25-26H,11,14-15,20-22H2,1-8H3,(H,39,43,47)(H,40,44,48)/t25-,26-/m0/s1. The van der Waals surface area contributed by atoms with Gasteiger partial charge in [0.05, 0.1) is 12.8 Å². The lowest BCUT2D eigenvalue weighted by Gasteiger charge is -2.25. The smallest absolute Gasteiger partial charge is 0.414 e. The summed E-state index contributed by atoms with van der Waals surface area (Å²) in [7, 11) is 3.26. The van der Waals surface area contributed by atoms with Crippen molar-refractivity contribution >= 4 is 68.3 Å². The van der Waals surface area contributed by atoms with Crippen LogP contribution >= 0.6 is 22.7 Å². The van der Waals surface area contributed by atoms with Gasteiger partial charge in [-0.3, -0.25) is 19.4 Å². The molecule has 14 nitrogen and oxygen atoms in total. The van der Waals surface area contributed by atoms with Crippen molar-refractivity contribution in [1.82, 2.24) is 20.4 Å². The van der Waals surface area contributed by atoms with Gasteiger partial charge in [-0.2, -0.15) is 0 Å². The van der Waals surface area contributed by atoms with Crippen molar-refractivity contribution in [2.24, 2.45) is 0 Å². The van der Waals surface area contributed by atoms with E-state index in [1.54, 1.807) is 50.5 Å². The molecule has 16 heteroatoms. The van der Waals surface area contributed by atoms with Gasteiger partial charge in [-0.1, -0.05) is 53.4 Å². The van der Waals surface area contributed by atoms with Crippen LogP contribution in [0.3, 0.4) is 0 Å². The number of rotatable bonds is 10. The number of anilines is 4. The van der Waals surface area contributed by atoms with Crippen molar-refractivity contribution in [3.05, 3.63) is 69.7 Å². The summed E-state index contributed by atoms with van der Waals surface area (Å²) in [6, 6.07) is 14.4. The Kier molecular flexibility index (Phi) is 12.7. The van der Waals surface area contributed by atoms with Gasteiger partial charge in [0.1, 0.15) is 21.2 Å². The zero-order valence-electron chi connectivity index (χ0n) is 32.0. The molecule has 4 aromatic rings. The van der Waals surface area contributed by atoms with Gasteiger partial charge in [0.2, 0.25) is 22.1 Å². The molecule has 0 bridgehead atoms. The van der Waals surface area contributed by atoms with Crippen LogP contribution in [0.25, 0.3) is 0 Å². The monoisotopic (exact) mass is 776 g/mol. The molecule has 0 spiro atoms. The van der Waals surface area contributed by atoms with Crippen LogP contribution < -0.4 is 20.4 Å². The Morgan fingerprint density at radius 1 is 0.685 bits per heavy atom. The molecule has 2 aromatic heterocycles. The first kappa shape index (κ1) is 40.2. The molecule has 288 valence electrons. The lowest BCUT2D eigenvalue weighted by Crippen LogP contribution is -2.34. The Morgan fingerprint density at radius 2 is 1.09 bits per heavy atom. The molecule has 1 fully saturated rings. The van der Waals surface area contributed by atoms with Crippen molar-refractivity contribution in [2.75, 3.05) is 34.5 Å². The van der Waals surface area contributed by atoms with Crippen LogP contribution in [0, 0.1) is 0 Å². The summed E-state index contributed by atoms with van der Waals surface area (Å²) < 4.78 is 10.9. The van der Waals surface area contributed by atoms with Gasteiger partial charge in [0.15, 0.2) is 0 Å². The molecule has 1 aliphatic rings. The second kappa shape index (κ2) is 17.0. The van der Waals surface area contributed by atoms with Gasteiger partial charge in [-0.25, -0.2) is 9.59 Å². The normalized spacial score (nSPS) is 15.9. The third-order valence-corrected chi connectivity index (χ3v) is 10.4. The fourth-order valence-corrected chi connectivity index (χ4v) is 7.67. The summed E-state index contributed by atoms with van der Waals surface area (Å²) in [6.45, 7) is 10.9. The number of hydrogen-bond acceptors (Lipinski definition) is 12. The van der Waals surface area contributed by atoms with Crippen molar-refractivity contribution in [3.63, 3.8) is 0 Å². The van der Waals surface area contributed by atoms with E-state index in [0.717, 1.165) is 46.8 Å². The lowest BCUT2D eigenvalue weighted by molar-refractivity contribution is -0.116. The van der Waals surface area contributed by atoms with Crippen LogP contribution in [0.5, 0.6) is 0 Å². The molecule has 1 aliphatic carbocycles. The Balaban J connectivity index is 1.12. The number of carbonyl (C=O) groups is 4. The van der Waals surface area contributed by atoms with Crippen LogP contribution in [0.1, 0.15) is 100 Å². The van der Waals surface area contributed by atoms with Crippen molar-refractivity contribution in [3.8, 4) is 0 Å². The van der Waals surface area contributed by atoms with E-state index in [1.165, 1.54) is 32.5 Å². The molecule has 0 radical (unpaired) electrons. The SMILES string of the molecule is CN(C(=O)OC(C)(C)C)c1cccc(CC(=O)Nc2nnc([C@H]3CCC[C@H](c4nnc(NC(=O)Cc5cccc(N(C)C(=O)OC(C)(C)C)c5)s4)C3)s2)c1. The molecule has 2 N–H and O–H groups in total. The van der Waals surface area contributed by atoms with Gasteiger partial charge in [0.25, 0.3) is 0 Å². The van der Waals surface area contributed by atoms with Gasteiger partial charge in [-0.15, -0.1) is 20.4 Å². The third-order valence-electron chi connectivity index (χ3n) is 8.41. The van der Waals surface area contributed by atoms with Crippen LogP contribution in [0.15, 0.2) is 48.5 Å². The quantitative estimate of drug-likeness (QED) is 0.161. The minimum atomic E-state index is -0.621. The first-order valence-electron chi connectivity index (χ1n) is 17.8. The average Bonchev–Trinajstić information content (AvgIpc) is 3.76. The fraction of sp³-hybridized carbons (Fsp3) is 0.474. The van der Waals surface area contributed by atoms with Crippen molar-refractivity contribution in [2.45, 2.75) is 103 Å². The molecule has 2 heterocycles. The minimum absolute atomic E-state index is 0.101. The maximum Gasteiger partial charge on any atom is 0.414 e. The van der Waals surface area contributed by atoms with Gasteiger partial charge < -0.3 is 20.1 Å². The van der Waals surface area contributed by atoms with E-state index in [9.17, 15) is 19.2 Å². The van der Waals surface area contributed by atoms with E-state index in [1.807, 2.05) is 53.7 Å². The second-order valence-electron chi connectivity index (χ2n) is 15.3. The highest BCUT2D eigenvalue weighted by Crippen LogP contribution is 2.43. The van der Waals surface area contributed by atoms with E-state index in [-0.39, 0.29) is 36.5 Å². The molecule has 4 amide bonds. The first-order chi connectivity index (χ1) is 25.4. The van der Waals surface area contributed by atoms with Crippen LogP contribution in [0.2, 0.25) is 0 Å². The van der Waals surface area contributed by atoms with Crippen molar-refractivity contribution in [1.29, 1.82) is 0 Å². The Labute approximate surface area is 323 Å². The lowest BCUT2D eigenvalue weighted by atomic mass is 9.82. The maximum absolute atomic E-state index is 13.0. The Bertz CT molecular complexity index is 1830. The molecule has 1 saturated carbocycles. The van der Waals surface area contributed by atoms with E-state index < -0.39 is 23.4 Å². The number of hydrogen-bond donors (Lipinski definition) is 2. The van der Waals surface area contributed by atoms with Crippen LogP contribution in [-0.2, 0) is 31.9 Å². The van der Waals surface area contributed by atoms with Gasteiger partial charge in [-0.05, 0) is 96.2 Å². The molecular weight excluding hydrogens is 729 g/mol. The molecule has 54 heavy (non-hydrogen) atoms. The summed E-state index contributed by atoms with van der Waals surface area (Å²) in [5.41, 5.74) is 1.48. The summed E-state index contributed by atoms with van der Waals surface area (Å²) in [6.07, 6.45) is 2.92. The zero-order valence-corrected chi connectivity index (χ0v) is 33.6. The zero-order chi connectivity index (χ0) is 39.2. The molecule has 0 saturated heterocycles. The molecule has 0 aliphatic heterocycles. The Morgan fingerprint density at radius 3 is 1.48 bits per heavy atom. The summed E-state index contributed by atoms with van der Waals surface area (Å²) in [5, 5.41) is 25.7. The van der Waals surface area contributed by atoms with Crippen LogP contribution in [0.4, 0.5) is 31.2 Å². The van der Waals surface area contributed by atoms with Crippen LogP contribution in [-0.4, -0.2) is 69.7 Å². The second-order valence-corrected chi connectivity index (χ2v) is 17.3. The topological polar surface area (TPSA) is 169 Å². The number of nitrogens with zero attached hydrogens (tertiary/aromatic N) is 6. The predicted octanol–water partition coefficient (Wildman–Crippen LogP) is 7.94. The molecular formula is C38H48N8O6S2. The number of nitrogens with one attached hydrogen (secondary N) is 2. The van der Waals surface area contributed by atoms with E-state index in [4.69, 9.17) is 9.47 Å². The Hall–Kier alpha value is -4.96. The molecule has 2 aromatic carbocycles. The number of carbonyl (C=O) groups excluding carboxylic acids is 4. The summed E-state index contributed by atoms with van der Waals surface area (Å²) in [5.74, 6) is -0.166. The number of aromatic nitrogens is 4. The predicted molar refractivity (Wildman–Crippen MR) is 211 cm³/mol. The highest BCUT2D eigenvalue weighted by Gasteiger charge is 2.30. The van der Waals surface area contributed by atoms with Gasteiger partial charge >= 0.3 is 12.2 Å². The molecule has 5 rings (SSSR count). The van der Waals surface area contributed by atoms with E-state index >= 15 is 0 Å². The number of amides is 4. The summed E-state index contributed by atoms with van der Waals surface area (Å²) in [4.78, 5) is 53.8. The number of benzene rings is 2. The highest BCUT2D eigenvalue weighted by atomic mass is 32.1. The third kappa shape index (κ3) is 11.5. The molecule has 0 unspecified atom stereocenters. The van der Waals surface area contributed by atoms with Crippen molar-refractivity contribution < 1.29 is 28.7 Å². The molecule has 2 atom stereocenters. The van der Waals surface area contributed by atoms with E-state index in [0.29, 0.717) is 21.6 Å². The minimum Gasteiger partial charge on any atom is -0.443 e. The van der Waals surface area contributed by atoms with E-state index in [2.05, 4.69) is 31.0 Å². The first-order valence-corrected chi connectivity index (χ1v) is 19.4.